The molecule has 2 fully saturated rings. The van der Waals surface area contributed by atoms with Gasteiger partial charge in [-0.25, -0.2) is 0 Å². The maximum Gasteiger partial charge on any atom is 0.239 e. The smallest absolute Gasteiger partial charge is 0.239 e. The lowest BCUT2D eigenvalue weighted by Crippen LogP contribution is -2.63. The van der Waals surface area contributed by atoms with E-state index in [9.17, 15) is 4.79 Å². The van der Waals surface area contributed by atoms with E-state index in [2.05, 4.69) is 24.1 Å². The topological polar surface area (TPSA) is 58.4 Å². The number of amides is 1. The normalized spacial score (nSPS) is 28.9. The number of carbonyl (C=O) groups excluding carboxylic acids is 1. The van der Waals surface area contributed by atoms with Gasteiger partial charge in [-0.1, -0.05) is 13.8 Å². The van der Waals surface area contributed by atoms with E-state index in [1.165, 1.54) is 12.8 Å². The second-order valence-electron chi connectivity index (χ2n) is 6.12. The number of nitrogens with one attached hydrogen (secondary N) is 1. The summed E-state index contributed by atoms with van der Waals surface area (Å²) < 4.78 is 0. The van der Waals surface area contributed by atoms with Crippen molar-refractivity contribution in [2.24, 2.45) is 17.6 Å². The third kappa shape index (κ3) is 2.86. The van der Waals surface area contributed by atoms with Crippen molar-refractivity contribution in [2.75, 3.05) is 26.2 Å². The zero-order valence-electron chi connectivity index (χ0n) is 11.7. The second-order valence-corrected chi connectivity index (χ2v) is 6.12. The minimum atomic E-state index is -0.480. The van der Waals surface area contributed by atoms with Gasteiger partial charge in [0.25, 0.3) is 0 Å². The molecule has 2 atom stereocenters. The molecule has 1 saturated carbocycles. The van der Waals surface area contributed by atoms with Crippen LogP contribution < -0.4 is 11.1 Å². The molecule has 1 aliphatic heterocycles. The Morgan fingerprint density at radius 1 is 1.44 bits per heavy atom. The van der Waals surface area contributed by atoms with Crippen LogP contribution in [0.3, 0.4) is 0 Å². The summed E-state index contributed by atoms with van der Waals surface area (Å²) in [7, 11) is 0. The molecular formula is C14H27N3O. The number of nitrogens with two attached hydrogens (primary N) is 1. The van der Waals surface area contributed by atoms with E-state index in [1.807, 2.05) is 0 Å². The highest BCUT2D eigenvalue weighted by atomic mass is 16.1. The fraction of sp³-hybridized carbons (Fsp3) is 0.929. The van der Waals surface area contributed by atoms with E-state index in [0.717, 1.165) is 44.9 Å². The zero-order valence-corrected chi connectivity index (χ0v) is 11.7. The van der Waals surface area contributed by atoms with Crippen LogP contribution in [-0.4, -0.2) is 42.5 Å². The Morgan fingerprint density at radius 3 is 2.67 bits per heavy atom. The summed E-state index contributed by atoms with van der Waals surface area (Å²) >= 11 is 0. The third-order valence-corrected chi connectivity index (χ3v) is 4.42. The molecule has 0 aromatic rings. The Bertz CT molecular complexity index is 303. The quantitative estimate of drug-likeness (QED) is 0.741. The SMILES string of the molecule is CCNC(CN1CCCC(C)C1)(C(N)=O)C1CC1. The van der Waals surface area contributed by atoms with Crippen molar-refractivity contribution < 1.29 is 4.79 Å². The summed E-state index contributed by atoms with van der Waals surface area (Å²) in [5, 5.41) is 3.40. The number of likely N-dealkylation sites (tertiary alicyclic amines) is 1. The number of carbonyl (C=O) groups is 1. The van der Waals surface area contributed by atoms with Crippen LogP contribution in [-0.2, 0) is 4.79 Å². The zero-order chi connectivity index (χ0) is 13.2. The summed E-state index contributed by atoms with van der Waals surface area (Å²) in [4.78, 5) is 14.4. The van der Waals surface area contributed by atoms with Crippen LogP contribution >= 0.6 is 0 Å². The van der Waals surface area contributed by atoms with Crippen LogP contribution in [0.25, 0.3) is 0 Å². The fourth-order valence-electron chi connectivity index (χ4n) is 3.37. The Labute approximate surface area is 110 Å². The standard InChI is InChI=1S/C14H27N3O/c1-3-16-14(13(15)18,12-6-7-12)10-17-8-4-5-11(2)9-17/h11-12,16H,3-10H2,1-2H3,(H2,15,18). The van der Waals surface area contributed by atoms with Gasteiger partial charge in [0, 0.05) is 13.1 Å². The summed E-state index contributed by atoms with van der Waals surface area (Å²) in [5.41, 5.74) is 5.24. The van der Waals surface area contributed by atoms with Crippen molar-refractivity contribution >= 4 is 5.91 Å². The van der Waals surface area contributed by atoms with Gasteiger partial charge in [-0.3, -0.25) is 4.79 Å². The lowest BCUT2D eigenvalue weighted by Gasteiger charge is -2.40. The summed E-state index contributed by atoms with van der Waals surface area (Å²) in [6.07, 6.45) is 4.83. The van der Waals surface area contributed by atoms with Gasteiger partial charge in [-0.2, -0.15) is 0 Å². The maximum absolute atomic E-state index is 12.0. The molecule has 2 aliphatic rings. The first-order valence-corrected chi connectivity index (χ1v) is 7.35. The molecule has 1 heterocycles. The highest BCUT2D eigenvalue weighted by Gasteiger charge is 2.50. The Morgan fingerprint density at radius 2 is 2.17 bits per heavy atom. The van der Waals surface area contributed by atoms with Gasteiger partial charge in [-0.15, -0.1) is 0 Å². The first-order valence-electron chi connectivity index (χ1n) is 7.35. The van der Waals surface area contributed by atoms with E-state index in [1.54, 1.807) is 0 Å². The predicted octanol–water partition coefficient (Wildman–Crippen LogP) is 0.962. The van der Waals surface area contributed by atoms with Crippen molar-refractivity contribution in [2.45, 2.75) is 45.1 Å². The maximum atomic E-state index is 12.0. The highest BCUT2D eigenvalue weighted by Crippen LogP contribution is 2.40. The van der Waals surface area contributed by atoms with Crippen molar-refractivity contribution in [3.05, 3.63) is 0 Å². The monoisotopic (exact) mass is 253 g/mol. The van der Waals surface area contributed by atoms with Crippen molar-refractivity contribution in [1.29, 1.82) is 0 Å². The molecule has 0 spiro atoms. The van der Waals surface area contributed by atoms with Crippen molar-refractivity contribution in [3.8, 4) is 0 Å². The molecule has 2 rings (SSSR count). The first-order chi connectivity index (χ1) is 8.58. The number of likely N-dealkylation sites (N-methyl/N-ethyl adjacent to an activating group) is 1. The van der Waals surface area contributed by atoms with E-state index in [-0.39, 0.29) is 5.91 Å². The van der Waals surface area contributed by atoms with Crippen LogP contribution in [0.5, 0.6) is 0 Å². The number of primary amides is 1. The third-order valence-electron chi connectivity index (χ3n) is 4.42. The Kier molecular flexibility index (Phi) is 4.28. The molecule has 0 bridgehead atoms. The molecule has 3 N–H and O–H groups in total. The fourth-order valence-corrected chi connectivity index (χ4v) is 3.37. The minimum absolute atomic E-state index is 0.162. The molecule has 18 heavy (non-hydrogen) atoms. The predicted molar refractivity (Wildman–Crippen MR) is 73.2 cm³/mol. The van der Waals surface area contributed by atoms with E-state index in [0.29, 0.717) is 5.92 Å². The van der Waals surface area contributed by atoms with Crippen LogP contribution in [0.2, 0.25) is 0 Å². The van der Waals surface area contributed by atoms with Crippen LogP contribution in [0, 0.1) is 11.8 Å². The molecule has 104 valence electrons. The summed E-state index contributed by atoms with van der Waals surface area (Å²) in [5.74, 6) is 1.03. The summed E-state index contributed by atoms with van der Waals surface area (Å²) in [6, 6.07) is 0. The summed E-state index contributed by atoms with van der Waals surface area (Å²) in [6.45, 7) is 8.17. The van der Waals surface area contributed by atoms with Crippen LogP contribution in [0.4, 0.5) is 0 Å². The highest BCUT2D eigenvalue weighted by molar-refractivity contribution is 5.86. The van der Waals surface area contributed by atoms with Crippen LogP contribution in [0.1, 0.15) is 39.5 Å². The van der Waals surface area contributed by atoms with E-state index < -0.39 is 5.54 Å². The van der Waals surface area contributed by atoms with Gasteiger partial charge < -0.3 is 16.0 Å². The van der Waals surface area contributed by atoms with Crippen molar-refractivity contribution in [3.63, 3.8) is 0 Å². The molecule has 0 radical (unpaired) electrons. The lowest BCUT2D eigenvalue weighted by atomic mass is 9.89. The molecule has 0 aromatic heterocycles. The molecule has 1 aliphatic carbocycles. The molecule has 4 nitrogen and oxygen atoms in total. The van der Waals surface area contributed by atoms with Gasteiger partial charge in [0.1, 0.15) is 5.54 Å². The van der Waals surface area contributed by atoms with Crippen LogP contribution in [0.15, 0.2) is 0 Å². The number of nitrogens with zero attached hydrogens (tertiary/aromatic N) is 1. The molecule has 4 heteroatoms. The van der Waals surface area contributed by atoms with Gasteiger partial charge in [0.15, 0.2) is 0 Å². The average molecular weight is 253 g/mol. The van der Waals surface area contributed by atoms with Gasteiger partial charge in [0.2, 0.25) is 5.91 Å². The van der Waals surface area contributed by atoms with E-state index >= 15 is 0 Å². The molecule has 1 amide bonds. The second kappa shape index (κ2) is 5.57. The van der Waals surface area contributed by atoms with E-state index in [4.69, 9.17) is 5.73 Å². The molecular weight excluding hydrogens is 226 g/mol. The molecule has 0 aromatic carbocycles. The van der Waals surface area contributed by atoms with Crippen molar-refractivity contribution in [1.82, 2.24) is 10.2 Å². The molecule has 2 unspecified atom stereocenters. The Balaban J connectivity index is 2.06. The Hall–Kier alpha value is -0.610. The number of hydrogen-bond acceptors (Lipinski definition) is 3. The number of hydrogen-bond donors (Lipinski definition) is 2. The van der Waals surface area contributed by atoms with Gasteiger partial charge in [-0.05, 0) is 50.6 Å². The average Bonchev–Trinajstić information content (AvgIpc) is 3.12. The number of piperidine rings is 1. The van der Waals surface area contributed by atoms with Gasteiger partial charge in [0.05, 0.1) is 0 Å². The lowest BCUT2D eigenvalue weighted by molar-refractivity contribution is -0.126. The minimum Gasteiger partial charge on any atom is -0.368 e. The first kappa shape index (κ1) is 13.8. The largest absolute Gasteiger partial charge is 0.368 e. The molecule has 1 saturated heterocycles. The van der Waals surface area contributed by atoms with Gasteiger partial charge >= 0.3 is 0 Å². The number of rotatable bonds is 6.